The number of carbonyl (C=O) groups is 1. The van der Waals surface area contributed by atoms with E-state index in [1.807, 2.05) is 20.8 Å². The molecule has 0 saturated carbocycles. The van der Waals surface area contributed by atoms with Gasteiger partial charge in [-0.25, -0.2) is 0 Å². The van der Waals surface area contributed by atoms with Crippen molar-refractivity contribution in [1.82, 2.24) is 4.90 Å². The van der Waals surface area contributed by atoms with Gasteiger partial charge in [-0.05, 0) is 43.7 Å². The van der Waals surface area contributed by atoms with Crippen LogP contribution in [0.3, 0.4) is 0 Å². The van der Waals surface area contributed by atoms with E-state index in [1.54, 1.807) is 11.0 Å². The smallest absolute Gasteiger partial charge is 0.312 e. The molecule has 6 nitrogen and oxygen atoms in total. The summed E-state index contributed by atoms with van der Waals surface area (Å²) in [7, 11) is 1.37. The number of hydrogen-bond acceptors (Lipinski definition) is 4. The molecule has 2 rings (SSSR count). The summed E-state index contributed by atoms with van der Waals surface area (Å²) in [6.45, 7) is 6.60. The van der Waals surface area contributed by atoms with Gasteiger partial charge in [-0.3, -0.25) is 14.9 Å². The highest BCUT2D eigenvalue weighted by molar-refractivity contribution is 5.98. The third-order valence-electron chi connectivity index (χ3n) is 4.45. The summed E-state index contributed by atoms with van der Waals surface area (Å²) in [4.78, 5) is 25.7. The normalized spacial score (nSPS) is 18.1. The quantitative estimate of drug-likeness (QED) is 0.626. The minimum absolute atomic E-state index is 0.0576. The lowest BCUT2D eigenvalue weighted by Gasteiger charge is -2.33. The largest absolute Gasteiger partial charge is 0.490 e. The number of piperidine rings is 1. The third-order valence-corrected chi connectivity index (χ3v) is 4.45. The van der Waals surface area contributed by atoms with E-state index in [2.05, 4.69) is 0 Å². The second-order valence-electron chi connectivity index (χ2n) is 6.38. The van der Waals surface area contributed by atoms with Gasteiger partial charge in [-0.15, -0.1) is 0 Å². The fourth-order valence-corrected chi connectivity index (χ4v) is 3.03. The average Bonchev–Trinajstić information content (AvgIpc) is 2.53. The first-order chi connectivity index (χ1) is 10.9. The monoisotopic (exact) mass is 320 g/mol. The Morgan fingerprint density at radius 3 is 2.61 bits per heavy atom. The van der Waals surface area contributed by atoms with Crippen LogP contribution in [0.2, 0.25) is 0 Å². The van der Waals surface area contributed by atoms with Gasteiger partial charge in [0.2, 0.25) is 5.75 Å². The molecule has 1 atom stereocenters. The minimum atomic E-state index is -0.485. The van der Waals surface area contributed by atoms with Crippen molar-refractivity contribution in [3.63, 3.8) is 0 Å². The number of benzene rings is 1. The van der Waals surface area contributed by atoms with Gasteiger partial charge in [-0.2, -0.15) is 0 Å². The molecule has 1 unspecified atom stereocenters. The lowest BCUT2D eigenvalue weighted by atomic mass is 9.96. The van der Waals surface area contributed by atoms with Crippen molar-refractivity contribution >= 4 is 11.6 Å². The van der Waals surface area contributed by atoms with Crippen LogP contribution < -0.4 is 4.74 Å². The summed E-state index contributed by atoms with van der Waals surface area (Å²) >= 11 is 0. The van der Waals surface area contributed by atoms with E-state index in [0.717, 1.165) is 24.8 Å². The van der Waals surface area contributed by atoms with E-state index < -0.39 is 4.92 Å². The molecule has 126 valence electrons. The number of likely N-dealkylation sites (tertiary alicyclic amines) is 1. The van der Waals surface area contributed by atoms with Crippen LogP contribution in [0.4, 0.5) is 5.69 Å². The first-order valence-electron chi connectivity index (χ1n) is 8.04. The molecule has 0 aromatic heterocycles. The van der Waals surface area contributed by atoms with Crippen LogP contribution >= 0.6 is 0 Å². The van der Waals surface area contributed by atoms with Gasteiger partial charge in [0.15, 0.2) is 0 Å². The van der Waals surface area contributed by atoms with E-state index in [9.17, 15) is 14.9 Å². The Bertz CT molecular complexity index is 613. The Labute approximate surface area is 136 Å². The maximum Gasteiger partial charge on any atom is 0.312 e. The standard InChI is InChI=1S/C17H24N2O4/c1-11(2)13-9-14(16(23-4)15(10-13)19(21)22)17(20)18-8-6-5-7-12(18)3/h9-12H,5-8H2,1-4H3. The summed E-state index contributed by atoms with van der Waals surface area (Å²) in [5.41, 5.74) is 0.913. The third kappa shape index (κ3) is 3.46. The van der Waals surface area contributed by atoms with Gasteiger partial charge in [0, 0.05) is 18.7 Å². The van der Waals surface area contributed by atoms with Crippen molar-refractivity contribution in [1.29, 1.82) is 0 Å². The maximum absolute atomic E-state index is 13.0. The predicted octanol–water partition coefficient (Wildman–Crippen LogP) is 3.74. The number of nitro groups is 1. The number of amides is 1. The molecule has 23 heavy (non-hydrogen) atoms. The van der Waals surface area contributed by atoms with Gasteiger partial charge >= 0.3 is 5.69 Å². The summed E-state index contributed by atoms with van der Waals surface area (Å²) in [5.74, 6) is -0.0354. The number of rotatable bonds is 4. The zero-order chi connectivity index (χ0) is 17.1. The summed E-state index contributed by atoms with van der Waals surface area (Å²) < 4.78 is 5.23. The molecule has 1 aromatic rings. The molecule has 1 saturated heterocycles. The number of hydrogen-bond donors (Lipinski definition) is 0. The molecule has 0 spiro atoms. The number of ether oxygens (including phenoxy) is 1. The van der Waals surface area contributed by atoms with Crippen LogP contribution in [0.5, 0.6) is 5.75 Å². The van der Waals surface area contributed by atoms with Gasteiger partial charge in [0.25, 0.3) is 5.91 Å². The van der Waals surface area contributed by atoms with Gasteiger partial charge in [0.1, 0.15) is 0 Å². The predicted molar refractivity (Wildman–Crippen MR) is 88.1 cm³/mol. The Hall–Kier alpha value is -2.11. The van der Waals surface area contributed by atoms with Crippen molar-refractivity contribution in [2.45, 2.75) is 52.0 Å². The van der Waals surface area contributed by atoms with Crippen molar-refractivity contribution in [2.24, 2.45) is 0 Å². The van der Waals surface area contributed by atoms with E-state index >= 15 is 0 Å². The van der Waals surface area contributed by atoms with E-state index in [1.165, 1.54) is 13.2 Å². The SMILES string of the molecule is COc1c(C(=O)N2CCCCC2C)cc(C(C)C)cc1[N+](=O)[O-]. The van der Waals surface area contributed by atoms with Crippen molar-refractivity contribution in [3.05, 3.63) is 33.4 Å². The zero-order valence-electron chi connectivity index (χ0n) is 14.2. The van der Waals surface area contributed by atoms with Crippen LogP contribution in [-0.4, -0.2) is 35.4 Å². The van der Waals surface area contributed by atoms with E-state index in [0.29, 0.717) is 12.1 Å². The van der Waals surface area contributed by atoms with Crippen molar-refractivity contribution in [2.75, 3.05) is 13.7 Å². The minimum Gasteiger partial charge on any atom is -0.490 e. The second-order valence-corrected chi connectivity index (χ2v) is 6.38. The van der Waals surface area contributed by atoms with E-state index in [-0.39, 0.29) is 29.3 Å². The lowest BCUT2D eigenvalue weighted by Crippen LogP contribution is -2.42. The van der Waals surface area contributed by atoms with E-state index in [4.69, 9.17) is 4.74 Å². The Kier molecular flexibility index (Phi) is 5.23. The molecular formula is C17H24N2O4. The van der Waals surface area contributed by atoms with Crippen LogP contribution in [0, 0.1) is 10.1 Å². The second kappa shape index (κ2) is 6.98. The molecule has 0 aliphatic carbocycles. The maximum atomic E-state index is 13.0. The highest BCUT2D eigenvalue weighted by atomic mass is 16.6. The molecule has 0 bridgehead atoms. The van der Waals surface area contributed by atoms with Gasteiger partial charge in [0.05, 0.1) is 17.6 Å². The Balaban J connectivity index is 2.54. The highest BCUT2D eigenvalue weighted by Gasteiger charge is 2.31. The van der Waals surface area contributed by atoms with Crippen molar-refractivity contribution in [3.8, 4) is 5.75 Å². The number of carbonyl (C=O) groups excluding carboxylic acids is 1. The van der Waals surface area contributed by atoms with Crippen molar-refractivity contribution < 1.29 is 14.5 Å². The first-order valence-corrected chi connectivity index (χ1v) is 8.04. The molecule has 0 radical (unpaired) electrons. The van der Waals surface area contributed by atoms with Crippen LogP contribution in [0.25, 0.3) is 0 Å². The molecule has 1 amide bonds. The summed E-state index contributed by atoms with van der Waals surface area (Å²) in [6.07, 6.45) is 3.03. The number of methoxy groups -OCH3 is 1. The Morgan fingerprint density at radius 2 is 2.09 bits per heavy atom. The molecule has 1 heterocycles. The summed E-state index contributed by atoms with van der Waals surface area (Å²) in [6, 6.07) is 3.38. The Morgan fingerprint density at radius 1 is 1.39 bits per heavy atom. The van der Waals surface area contributed by atoms with Crippen LogP contribution in [-0.2, 0) is 0 Å². The molecule has 1 aliphatic rings. The van der Waals surface area contributed by atoms with Gasteiger partial charge in [-0.1, -0.05) is 13.8 Å². The molecule has 1 aromatic carbocycles. The zero-order valence-corrected chi connectivity index (χ0v) is 14.2. The molecule has 6 heteroatoms. The van der Waals surface area contributed by atoms with Crippen LogP contribution in [0.1, 0.15) is 61.9 Å². The molecule has 0 N–H and O–H groups in total. The molecular weight excluding hydrogens is 296 g/mol. The lowest BCUT2D eigenvalue weighted by molar-refractivity contribution is -0.385. The fourth-order valence-electron chi connectivity index (χ4n) is 3.03. The first kappa shape index (κ1) is 17.2. The van der Waals surface area contributed by atoms with Crippen LogP contribution in [0.15, 0.2) is 12.1 Å². The topological polar surface area (TPSA) is 72.7 Å². The average molecular weight is 320 g/mol. The fraction of sp³-hybridized carbons (Fsp3) is 0.588. The highest BCUT2D eigenvalue weighted by Crippen LogP contribution is 2.36. The summed E-state index contributed by atoms with van der Waals surface area (Å²) in [5, 5.41) is 11.4. The number of nitro benzene ring substituents is 1. The molecule has 1 fully saturated rings. The molecule has 1 aliphatic heterocycles. The number of nitrogens with zero attached hydrogens (tertiary/aromatic N) is 2. The van der Waals surface area contributed by atoms with Gasteiger partial charge < -0.3 is 9.64 Å².